The lowest BCUT2D eigenvalue weighted by Gasteiger charge is -2.49. The maximum Gasteiger partial charge on any atom is 0.225 e. The zero-order chi connectivity index (χ0) is 17.6. The molecule has 0 aromatic carbocycles. The summed E-state index contributed by atoms with van der Waals surface area (Å²) >= 11 is 0. The standard InChI is InChI=1S/C20H29FN4O/c21-16-11-20(12-16)3-8-24(9-4-20)13-17-10-15-2-7-25(14-18(15)26-17)19-22-5-1-6-23-19/h1,5-6,15-18H,2-4,7-14H2/t15-,17?,18-/m0/s1. The third kappa shape index (κ3) is 3.22. The van der Waals surface area contributed by atoms with Crippen molar-refractivity contribution in [1.29, 1.82) is 0 Å². The van der Waals surface area contributed by atoms with Gasteiger partial charge in [-0.05, 0) is 69.0 Å². The average molecular weight is 360 g/mol. The molecule has 0 bridgehead atoms. The number of hydrogen-bond donors (Lipinski definition) is 0. The first kappa shape index (κ1) is 16.9. The van der Waals surface area contributed by atoms with Gasteiger partial charge in [-0.2, -0.15) is 0 Å². The smallest absolute Gasteiger partial charge is 0.225 e. The zero-order valence-corrected chi connectivity index (χ0v) is 15.4. The van der Waals surface area contributed by atoms with Gasteiger partial charge < -0.3 is 14.5 Å². The Balaban J connectivity index is 1.12. The predicted molar refractivity (Wildman–Crippen MR) is 97.9 cm³/mol. The number of likely N-dealkylation sites (tertiary alicyclic amines) is 1. The topological polar surface area (TPSA) is 41.5 Å². The van der Waals surface area contributed by atoms with Crippen molar-refractivity contribution in [3.05, 3.63) is 18.5 Å². The van der Waals surface area contributed by atoms with Crippen LogP contribution in [0.2, 0.25) is 0 Å². The Morgan fingerprint density at radius 1 is 1.15 bits per heavy atom. The molecule has 4 aliphatic rings. The number of hydrogen-bond acceptors (Lipinski definition) is 5. The van der Waals surface area contributed by atoms with E-state index in [9.17, 15) is 4.39 Å². The SMILES string of the molecule is FC1CC2(CCN(CC3C[C@@H]4CCN(c5ncccn5)C[C@@H]4O3)CC2)C1. The lowest BCUT2D eigenvalue weighted by atomic mass is 9.62. The Hall–Kier alpha value is -1.27. The molecule has 1 aliphatic carbocycles. The number of ether oxygens (including phenoxy) is 1. The second-order valence-electron chi connectivity index (χ2n) is 8.88. The molecule has 1 unspecified atom stereocenters. The van der Waals surface area contributed by atoms with E-state index in [0.29, 0.717) is 23.5 Å². The van der Waals surface area contributed by atoms with Crippen LogP contribution in [0.1, 0.15) is 38.5 Å². The van der Waals surface area contributed by atoms with Gasteiger partial charge in [-0.15, -0.1) is 0 Å². The average Bonchev–Trinajstić information content (AvgIpc) is 3.04. The van der Waals surface area contributed by atoms with E-state index in [-0.39, 0.29) is 0 Å². The van der Waals surface area contributed by atoms with Crippen molar-refractivity contribution in [2.75, 3.05) is 37.6 Å². The van der Waals surface area contributed by atoms with Crippen molar-refractivity contribution in [1.82, 2.24) is 14.9 Å². The van der Waals surface area contributed by atoms with Gasteiger partial charge in [-0.1, -0.05) is 0 Å². The van der Waals surface area contributed by atoms with Crippen molar-refractivity contribution in [2.45, 2.75) is 56.9 Å². The number of rotatable bonds is 3. The maximum absolute atomic E-state index is 13.2. The number of fused-ring (bicyclic) bond motifs is 1. The summed E-state index contributed by atoms with van der Waals surface area (Å²) in [6.45, 7) is 5.21. The maximum atomic E-state index is 13.2. The summed E-state index contributed by atoms with van der Waals surface area (Å²) in [4.78, 5) is 13.6. The highest BCUT2D eigenvalue weighted by Crippen LogP contribution is 2.50. The molecule has 5 nitrogen and oxygen atoms in total. The highest BCUT2D eigenvalue weighted by atomic mass is 19.1. The van der Waals surface area contributed by atoms with E-state index >= 15 is 0 Å². The zero-order valence-electron chi connectivity index (χ0n) is 15.4. The van der Waals surface area contributed by atoms with E-state index in [1.807, 2.05) is 18.5 Å². The van der Waals surface area contributed by atoms with Gasteiger partial charge in [0.2, 0.25) is 5.95 Å². The van der Waals surface area contributed by atoms with Crippen LogP contribution < -0.4 is 4.90 Å². The minimum Gasteiger partial charge on any atom is -0.372 e. The summed E-state index contributed by atoms with van der Waals surface area (Å²) in [5.41, 5.74) is 0.344. The summed E-state index contributed by atoms with van der Waals surface area (Å²) in [6.07, 6.45) is 10.1. The van der Waals surface area contributed by atoms with Crippen LogP contribution in [0.5, 0.6) is 0 Å². The third-order valence-electron chi connectivity index (χ3n) is 7.15. The van der Waals surface area contributed by atoms with E-state index < -0.39 is 6.17 Å². The fourth-order valence-corrected chi connectivity index (χ4v) is 5.57. The number of nitrogens with zero attached hydrogens (tertiary/aromatic N) is 4. The first-order valence-corrected chi connectivity index (χ1v) is 10.2. The van der Waals surface area contributed by atoms with E-state index in [1.54, 1.807) is 0 Å². The number of anilines is 1. The minimum absolute atomic E-state index is 0.313. The highest BCUT2D eigenvalue weighted by molar-refractivity contribution is 5.30. The van der Waals surface area contributed by atoms with E-state index in [4.69, 9.17) is 4.74 Å². The Morgan fingerprint density at radius 3 is 2.65 bits per heavy atom. The Bertz CT molecular complexity index is 613. The van der Waals surface area contributed by atoms with E-state index in [0.717, 1.165) is 51.5 Å². The van der Waals surface area contributed by atoms with Crippen LogP contribution in [-0.4, -0.2) is 66.0 Å². The molecule has 1 aromatic heterocycles. The predicted octanol–water partition coefficient (Wildman–Crippen LogP) is 2.67. The monoisotopic (exact) mass is 360 g/mol. The molecule has 0 N–H and O–H groups in total. The lowest BCUT2D eigenvalue weighted by molar-refractivity contribution is -0.0435. The molecule has 3 saturated heterocycles. The van der Waals surface area contributed by atoms with Crippen LogP contribution in [0, 0.1) is 11.3 Å². The molecular weight excluding hydrogens is 331 g/mol. The molecule has 0 radical (unpaired) electrons. The molecule has 1 spiro atoms. The van der Waals surface area contributed by atoms with Crippen LogP contribution in [-0.2, 0) is 4.74 Å². The fourth-order valence-electron chi connectivity index (χ4n) is 5.57. The lowest BCUT2D eigenvalue weighted by Crippen LogP contribution is -2.49. The van der Waals surface area contributed by atoms with Crippen molar-refractivity contribution >= 4 is 5.95 Å². The number of aromatic nitrogens is 2. The molecule has 4 heterocycles. The molecule has 6 heteroatoms. The molecule has 5 rings (SSSR count). The fraction of sp³-hybridized carbons (Fsp3) is 0.800. The summed E-state index contributed by atoms with van der Waals surface area (Å²) in [6, 6.07) is 1.86. The van der Waals surface area contributed by atoms with Crippen LogP contribution in [0.3, 0.4) is 0 Å². The molecular formula is C20H29FN4O. The quantitative estimate of drug-likeness (QED) is 0.829. The van der Waals surface area contributed by atoms with Crippen molar-refractivity contribution in [3.8, 4) is 0 Å². The van der Waals surface area contributed by atoms with Crippen LogP contribution in [0.15, 0.2) is 18.5 Å². The normalized spacial score (nSPS) is 34.7. The van der Waals surface area contributed by atoms with Gasteiger partial charge in [0.15, 0.2) is 0 Å². The molecule has 0 amide bonds. The third-order valence-corrected chi connectivity index (χ3v) is 7.15. The van der Waals surface area contributed by atoms with Gasteiger partial charge in [-0.25, -0.2) is 14.4 Å². The molecule has 3 atom stereocenters. The van der Waals surface area contributed by atoms with Crippen LogP contribution in [0.4, 0.5) is 10.3 Å². The number of alkyl halides is 1. The minimum atomic E-state index is -0.528. The van der Waals surface area contributed by atoms with Crippen molar-refractivity contribution < 1.29 is 9.13 Å². The van der Waals surface area contributed by atoms with Crippen molar-refractivity contribution in [3.63, 3.8) is 0 Å². The molecule has 1 aromatic rings. The summed E-state index contributed by atoms with van der Waals surface area (Å²) < 4.78 is 19.7. The first-order chi connectivity index (χ1) is 12.7. The molecule has 26 heavy (non-hydrogen) atoms. The van der Waals surface area contributed by atoms with Gasteiger partial charge in [0.25, 0.3) is 0 Å². The summed E-state index contributed by atoms with van der Waals surface area (Å²) in [7, 11) is 0. The van der Waals surface area contributed by atoms with Crippen LogP contribution in [0.25, 0.3) is 0 Å². The second-order valence-corrected chi connectivity index (χ2v) is 8.88. The van der Waals surface area contributed by atoms with Gasteiger partial charge >= 0.3 is 0 Å². The van der Waals surface area contributed by atoms with Gasteiger partial charge in [-0.3, -0.25) is 0 Å². The Labute approximate surface area is 154 Å². The molecule has 4 fully saturated rings. The van der Waals surface area contributed by atoms with Gasteiger partial charge in [0, 0.05) is 32.0 Å². The summed E-state index contributed by atoms with van der Waals surface area (Å²) in [5.74, 6) is 1.50. The van der Waals surface area contributed by atoms with Gasteiger partial charge in [0.1, 0.15) is 6.17 Å². The molecule has 142 valence electrons. The summed E-state index contributed by atoms with van der Waals surface area (Å²) in [5, 5.41) is 0. The van der Waals surface area contributed by atoms with E-state index in [1.165, 1.54) is 25.7 Å². The van der Waals surface area contributed by atoms with Crippen molar-refractivity contribution in [2.24, 2.45) is 11.3 Å². The highest BCUT2D eigenvalue weighted by Gasteiger charge is 2.47. The van der Waals surface area contributed by atoms with E-state index in [2.05, 4.69) is 19.8 Å². The number of halogens is 1. The Kier molecular flexibility index (Phi) is 4.36. The molecule has 1 saturated carbocycles. The second kappa shape index (κ2) is 6.71. The molecule has 3 aliphatic heterocycles. The first-order valence-electron chi connectivity index (χ1n) is 10.2. The Morgan fingerprint density at radius 2 is 1.92 bits per heavy atom. The van der Waals surface area contributed by atoms with Gasteiger partial charge in [0.05, 0.1) is 12.2 Å². The van der Waals surface area contributed by atoms with Crippen LogP contribution >= 0.6 is 0 Å². The number of piperidine rings is 2. The largest absolute Gasteiger partial charge is 0.372 e.